The fraction of sp³-hybridized carbons (Fsp3) is 0.300. The van der Waals surface area contributed by atoms with E-state index >= 15 is 0 Å². The van der Waals surface area contributed by atoms with Crippen LogP contribution in [0.5, 0.6) is 5.75 Å². The molecule has 0 radical (unpaired) electrons. The van der Waals surface area contributed by atoms with Crippen LogP contribution in [0.1, 0.15) is 10.4 Å². The molecule has 0 aliphatic rings. The van der Waals surface area contributed by atoms with E-state index in [0.717, 1.165) is 0 Å². The van der Waals surface area contributed by atoms with Crippen molar-refractivity contribution in [3.8, 4) is 5.75 Å². The Morgan fingerprint density at radius 3 is 2.44 bits per heavy atom. The number of aromatic carboxylic acids is 1. The number of rotatable bonds is 3. The van der Waals surface area contributed by atoms with Crippen molar-refractivity contribution < 1.29 is 14.3 Å². The lowest BCUT2D eigenvalue weighted by Gasteiger charge is -2.22. The zero-order valence-corrected chi connectivity index (χ0v) is 12.0. The average molecular weight is 304 g/mol. The summed E-state index contributed by atoms with van der Waals surface area (Å²) >= 11 is 3.27. The van der Waals surface area contributed by atoms with E-state index in [0.29, 0.717) is 15.9 Å². The SMILES string of the molecule is C[Si](C)(C)Oc1c(Br)cc(N)cc1C(=O)O. The Morgan fingerprint density at radius 1 is 1.44 bits per heavy atom. The Bertz CT molecular complexity index is 429. The van der Waals surface area contributed by atoms with Gasteiger partial charge in [0.2, 0.25) is 8.32 Å². The summed E-state index contributed by atoms with van der Waals surface area (Å²) in [6, 6.07) is 3.05. The monoisotopic (exact) mass is 303 g/mol. The smallest absolute Gasteiger partial charge is 0.339 e. The van der Waals surface area contributed by atoms with Gasteiger partial charge in [0.05, 0.1) is 4.47 Å². The van der Waals surface area contributed by atoms with Gasteiger partial charge in [-0.25, -0.2) is 4.79 Å². The minimum absolute atomic E-state index is 0.0919. The van der Waals surface area contributed by atoms with Gasteiger partial charge in [0, 0.05) is 5.69 Å². The van der Waals surface area contributed by atoms with E-state index in [4.69, 9.17) is 15.3 Å². The number of nitrogen functional groups attached to an aromatic ring is 1. The maximum Gasteiger partial charge on any atom is 0.339 e. The quantitative estimate of drug-likeness (QED) is 0.665. The van der Waals surface area contributed by atoms with Crippen molar-refractivity contribution in [1.82, 2.24) is 0 Å². The van der Waals surface area contributed by atoms with Crippen LogP contribution in [0.2, 0.25) is 19.6 Å². The minimum Gasteiger partial charge on any atom is -0.543 e. The Labute approximate surface area is 104 Å². The number of halogens is 1. The predicted molar refractivity (Wildman–Crippen MR) is 69.5 cm³/mol. The van der Waals surface area contributed by atoms with Gasteiger partial charge in [0.25, 0.3) is 0 Å². The number of anilines is 1. The van der Waals surface area contributed by atoms with Gasteiger partial charge in [0.1, 0.15) is 11.3 Å². The van der Waals surface area contributed by atoms with Crippen LogP contribution < -0.4 is 10.2 Å². The molecule has 0 aliphatic heterocycles. The van der Waals surface area contributed by atoms with Gasteiger partial charge >= 0.3 is 5.97 Å². The molecule has 1 rings (SSSR count). The number of nitrogens with two attached hydrogens (primary N) is 1. The zero-order chi connectivity index (χ0) is 12.5. The van der Waals surface area contributed by atoms with Crippen LogP contribution in [0.25, 0.3) is 0 Å². The highest BCUT2D eigenvalue weighted by atomic mass is 79.9. The molecule has 0 saturated heterocycles. The standard InChI is InChI=1S/C10H14BrNO3Si/c1-16(2,3)15-9-7(10(13)14)4-6(12)5-8(9)11/h4-5H,12H2,1-3H3,(H,13,14). The van der Waals surface area contributed by atoms with Gasteiger partial charge in [0.15, 0.2) is 0 Å². The molecular formula is C10H14BrNO3Si. The first kappa shape index (κ1) is 13.1. The summed E-state index contributed by atoms with van der Waals surface area (Å²) in [5, 5.41) is 9.07. The number of carbonyl (C=O) groups is 1. The van der Waals surface area contributed by atoms with Gasteiger partial charge in [-0.05, 0) is 47.7 Å². The number of benzene rings is 1. The second-order valence-electron chi connectivity index (χ2n) is 4.40. The van der Waals surface area contributed by atoms with Crippen LogP contribution in [0.4, 0.5) is 5.69 Å². The highest BCUT2D eigenvalue weighted by Gasteiger charge is 2.23. The summed E-state index contributed by atoms with van der Waals surface area (Å²) in [5.74, 6) is -0.679. The van der Waals surface area contributed by atoms with Crippen LogP contribution in [0.15, 0.2) is 16.6 Å². The van der Waals surface area contributed by atoms with Crippen molar-refractivity contribution in [2.24, 2.45) is 0 Å². The minimum atomic E-state index is -1.86. The Morgan fingerprint density at radius 2 is 2.00 bits per heavy atom. The Hall–Kier alpha value is -1.01. The molecule has 6 heteroatoms. The van der Waals surface area contributed by atoms with Crippen molar-refractivity contribution in [2.75, 3.05) is 5.73 Å². The van der Waals surface area contributed by atoms with Crippen molar-refractivity contribution in [3.05, 3.63) is 22.2 Å². The summed E-state index contributed by atoms with van der Waals surface area (Å²) in [5.41, 5.74) is 6.08. The van der Waals surface area contributed by atoms with Gasteiger partial charge in [-0.1, -0.05) is 0 Å². The molecule has 0 bridgehead atoms. The second kappa shape index (κ2) is 4.46. The van der Waals surface area contributed by atoms with E-state index < -0.39 is 14.3 Å². The van der Waals surface area contributed by atoms with Gasteiger partial charge in [-0.15, -0.1) is 0 Å². The summed E-state index contributed by atoms with van der Waals surface area (Å²) in [6.45, 7) is 5.96. The molecule has 0 heterocycles. The lowest BCUT2D eigenvalue weighted by Crippen LogP contribution is -2.30. The lowest BCUT2D eigenvalue weighted by atomic mass is 10.2. The molecule has 1 aromatic carbocycles. The molecule has 0 aliphatic carbocycles. The van der Waals surface area contributed by atoms with Crippen molar-refractivity contribution in [3.63, 3.8) is 0 Å². The summed E-state index contributed by atoms with van der Waals surface area (Å²) < 4.78 is 6.31. The first-order valence-electron chi connectivity index (χ1n) is 4.72. The molecule has 0 atom stereocenters. The number of hydrogen-bond acceptors (Lipinski definition) is 3. The van der Waals surface area contributed by atoms with Gasteiger partial charge in [-0.2, -0.15) is 0 Å². The van der Waals surface area contributed by atoms with Crippen molar-refractivity contribution in [2.45, 2.75) is 19.6 Å². The topological polar surface area (TPSA) is 72.5 Å². The summed E-state index contributed by atoms with van der Waals surface area (Å²) in [7, 11) is -1.86. The fourth-order valence-corrected chi connectivity index (χ4v) is 2.72. The summed E-state index contributed by atoms with van der Waals surface area (Å²) in [6.07, 6.45) is 0. The van der Waals surface area contributed by atoms with Crippen LogP contribution >= 0.6 is 15.9 Å². The van der Waals surface area contributed by atoms with Crippen molar-refractivity contribution in [1.29, 1.82) is 0 Å². The molecule has 88 valence electrons. The highest BCUT2D eigenvalue weighted by Crippen LogP contribution is 2.33. The maximum atomic E-state index is 11.1. The van der Waals surface area contributed by atoms with E-state index in [-0.39, 0.29) is 5.56 Å². The molecule has 1 aromatic rings. The van der Waals surface area contributed by atoms with Crippen molar-refractivity contribution >= 4 is 35.9 Å². The predicted octanol–water partition coefficient (Wildman–Crippen LogP) is 2.94. The van der Waals surface area contributed by atoms with E-state index in [2.05, 4.69) is 15.9 Å². The third-order valence-electron chi connectivity index (χ3n) is 1.70. The molecule has 4 nitrogen and oxygen atoms in total. The lowest BCUT2D eigenvalue weighted by molar-refractivity contribution is 0.0694. The number of hydrogen-bond donors (Lipinski definition) is 2. The molecule has 0 fully saturated rings. The Kier molecular flexibility index (Phi) is 3.64. The largest absolute Gasteiger partial charge is 0.543 e. The van der Waals surface area contributed by atoms with E-state index in [1.807, 2.05) is 19.6 Å². The zero-order valence-electron chi connectivity index (χ0n) is 9.37. The van der Waals surface area contributed by atoms with E-state index in [1.54, 1.807) is 6.07 Å². The fourth-order valence-electron chi connectivity index (χ4n) is 1.18. The van der Waals surface area contributed by atoms with Crippen LogP contribution in [-0.2, 0) is 0 Å². The third kappa shape index (κ3) is 3.24. The van der Waals surface area contributed by atoms with E-state index in [1.165, 1.54) is 6.07 Å². The molecule has 0 saturated carbocycles. The maximum absolute atomic E-state index is 11.1. The molecule has 16 heavy (non-hydrogen) atoms. The molecule has 0 spiro atoms. The summed E-state index contributed by atoms with van der Waals surface area (Å²) in [4.78, 5) is 11.1. The molecule has 0 aromatic heterocycles. The van der Waals surface area contributed by atoms with Crippen LogP contribution in [0.3, 0.4) is 0 Å². The average Bonchev–Trinajstić information content (AvgIpc) is 2.07. The van der Waals surface area contributed by atoms with Crippen LogP contribution in [-0.4, -0.2) is 19.4 Å². The van der Waals surface area contributed by atoms with E-state index in [9.17, 15) is 4.79 Å². The third-order valence-corrected chi connectivity index (χ3v) is 3.11. The first-order chi connectivity index (χ1) is 7.20. The van der Waals surface area contributed by atoms with Gasteiger partial charge in [-0.3, -0.25) is 0 Å². The molecule has 0 unspecified atom stereocenters. The van der Waals surface area contributed by atoms with Gasteiger partial charge < -0.3 is 15.3 Å². The molecule has 0 amide bonds. The Balaban J connectivity index is 3.30. The molecule has 3 N–H and O–H groups in total. The number of carboxylic acid groups (broad SMARTS) is 1. The van der Waals surface area contributed by atoms with Crippen LogP contribution in [0, 0.1) is 0 Å². The second-order valence-corrected chi connectivity index (χ2v) is 9.68. The first-order valence-corrected chi connectivity index (χ1v) is 8.92. The normalized spacial score (nSPS) is 11.2. The number of carboxylic acids is 1. The highest BCUT2D eigenvalue weighted by molar-refractivity contribution is 9.10. The molecular weight excluding hydrogens is 290 g/mol.